The van der Waals surface area contributed by atoms with Gasteiger partial charge in [-0.05, 0) is 24.6 Å². The topological polar surface area (TPSA) is 93.2 Å². The first kappa shape index (κ1) is 12.4. The van der Waals surface area contributed by atoms with Crippen LogP contribution in [-0.2, 0) is 18.1 Å². The summed E-state index contributed by atoms with van der Waals surface area (Å²) in [6, 6.07) is 3.70. The number of carbonyl (C=O) groups is 1. The monoisotopic (exact) mass is 248 g/mol. The zero-order valence-electron chi connectivity index (χ0n) is 10.4. The van der Waals surface area contributed by atoms with Crippen molar-refractivity contribution < 1.29 is 9.90 Å². The van der Waals surface area contributed by atoms with Crippen molar-refractivity contribution in [2.24, 2.45) is 0 Å². The Bertz CT molecular complexity index is 604. The summed E-state index contributed by atoms with van der Waals surface area (Å²) in [4.78, 5) is 15.2. The van der Waals surface area contributed by atoms with E-state index >= 15 is 0 Å². The number of fused-ring (bicyclic) bond motifs is 1. The van der Waals surface area contributed by atoms with Crippen LogP contribution in [0.15, 0.2) is 12.1 Å². The normalized spacial score (nSPS) is 10.8. The number of rotatable bonds is 3. The second-order valence-electron chi connectivity index (χ2n) is 4.21. The van der Waals surface area contributed by atoms with Crippen LogP contribution in [0, 0.1) is 6.92 Å². The number of amides is 1. The maximum Gasteiger partial charge on any atom is 0.217 e. The molecule has 2 heterocycles. The van der Waals surface area contributed by atoms with E-state index < -0.39 is 0 Å². The summed E-state index contributed by atoms with van der Waals surface area (Å²) in [6.07, 6.45) is 0. The highest BCUT2D eigenvalue weighted by Gasteiger charge is 2.11. The minimum atomic E-state index is -0.163. The largest absolute Gasteiger partial charge is 0.383 e. The summed E-state index contributed by atoms with van der Waals surface area (Å²) in [7, 11) is 0. The summed E-state index contributed by atoms with van der Waals surface area (Å²) >= 11 is 0. The van der Waals surface area contributed by atoms with Crippen LogP contribution in [0.1, 0.15) is 18.2 Å². The number of pyridine rings is 1. The fourth-order valence-electron chi connectivity index (χ4n) is 1.87. The molecule has 0 fully saturated rings. The maximum atomic E-state index is 10.9. The number of nitrogens with zero attached hydrogens (tertiary/aromatic N) is 2. The van der Waals surface area contributed by atoms with E-state index in [1.54, 1.807) is 4.57 Å². The van der Waals surface area contributed by atoms with E-state index in [0.717, 1.165) is 16.8 Å². The van der Waals surface area contributed by atoms with Gasteiger partial charge in [0.25, 0.3) is 0 Å². The number of nitrogen functional groups attached to an aromatic ring is 1. The average molecular weight is 248 g/mol. The summed E-state index contributed by atoms with van der Waals surface area (Å²) in [6.45, 7) is 3.50. The van der Waals surface area contributed by atoms with E-state index in [-0.39, 0.29) is 12.6 Å². The van der Waals surface area contributed by atoms with Crippen molar-refractivity contribution in [2.75, 3.05) is 5.73 Å². The number of hydrogen-bond acceptors (Lipinski definition) is 4. The SMILES string of the molecule is CC(=O)NCc1cc2nc(N)c(C)cc2n1CO. The first-order valence-corrected chi connectivity index (χ1v) is 5.63. The highest BCUT2D eigenvalue weighted by atomic mass is 16.3. The highest BCUT2D eigenvalue weighted by molar-refractivity contribution is 5.80. The Hall–Kier alpha value is -2.08. The second kappa shape index (κ2) is 4.66. The Balaban J connectivity index is 2.50. The van der Waals surface area contributed by atoms with Crippen LogP contribution < -0.4 is 11.1 Å². The number of carbonyl (C=O) groups excluding carboxylic acids is 1. The predicted octanol–water partition coefficient (Wildman–Crippen LogP) is 0.513. The zero-order chi connectivity index (χ0) is 13.3. The molecule has 0 radical (unpaired) electrons. The molecule has 0 aliphatic carbocycles. The molecule has 0 atom stereocenters. The number of aryl methyl sites for hydroxylation is 1. The van der Waals surface area contributed by atoms with Gasteiger partial charge in [-0.3, -0.25) is 4.79 Å². The smallest absolute Gasteiger partial charge is 0.217 e. The van der Waals surface area contributed by atoms with Crippen LogP contribution >= 0.6 is 0 Å². The molecule has 0 aliphatic rings. The van der Waals surface area contributed by atoms with Crippen molar-refractivity contribution in [3.63, 3.8) is 0 Å². The number of aliphatic hydroxyl groups excluding tert-OH is 1. The van der Waals surface area contributed by atoms with Crippen LogP contribution in [0.2, 0.25) is 0 Å². The lowest BCUT2D eigenvalue weighted by Gasteiger charge is -2.07. The molecule has 2 aromatic rings. The standard InChI is InChI=1S/C12H16N4O2/c1-7-3-11-10(15-12(7)13)4-9(16(11)6-17)5-14-8(2)18/h3-4,17H,5-6H2,1-2H3,(H2,13,15)(H,14,18). The minimum absolute atomic E-state index is 0.117. The zero-order valence-corrected chi connectivity index (χ0v) is 10.4. The molecular formula is C12H16N4O2. The van der Waals surface area contributed by atoms with E-state index in [2.05, 4.69) is 10.3 Å². The van der Waals surface area contributed by atoms with Crippen molar-refractivity contribution in [3.8, 4) is 0 Å². The maximum absolute atomic E-state index is 10.9. The summed E-state index contributed by atoms with van der Waals surface area (Å²) in [5.41, 5.74) is 8.94. The molecule has 96 valence electrons. The molecule has 0 aliphatic heterocycles. The van der Waals surface area contributed by atoms with E-state index in [1.165, 1.54) is 6.92 Å². The van der Waals surface area contributed by atoms with Gasteiger partial charge in [0.2, 0.25) is 5.91 Å². The number of nitrogens with one attached hydrogen (secondary N) is 1. The Kier molecular flexibility index (Phi) is 3.20. The Labute approximate surface area is 104 Å². The van der Waals surface area contributed by atoms with Crippen molar-refractivity contribution in [2.45, 2.75) is 27.1 Å². The lowest BCUT2D eigenvalue weighted by atomic mass is 10.2. The van der Waals surface area contributed by atoms with Crippen molar-refractivity contribution in [1.82, 2.24) is 14.9 Å². The first-order chi connectivity index (χ1) is 8.52. The van der Waals surface area contributed by atoms with Gasteiger partial charge in [-0.2, -0.15) is 0 Å². The highest BCUT2D eigenvalue weighted by Crippen LogP contribution is 2.21. The van der Waals surface area contributed by atoms with Crippen LogP contribution in [0.5, 0.6) is 0 Å². The summed E-state index contributed by atoms with van der Waals surface area (Å²) < 4.78 is 1.70. The molecule has 0 saturated heterocycles. The van der Waals surface area contributed by atoms with Gasteiger partial charge in [-0.15, -0.1) is 0 Å². The number of nitrogens with two attached hydrogens (primary N) is 1. The molecule has 4 N–H and O–H groups in total. The van der Waals surface area contributed by atoms with Crippen LogP contribution in [-0.4, -0.2) is 20.6 Å². The molecule has 2 rings (SSSR count). The Morgan fingerprint density at radius 3 is 2.89 bits per heavy atom. The Morgan fingerprint density at radius 2 is 2.28 bits per heavy atom. The number of aliphatic hydroxyl groups is 1. The summed E-state index contributed by atoms with van der Waals surface area (Å²) in [5, 5.41) is 12.1. The third-order valence-electron chi connectivity index (χ3n) is 2.86. The molecule has 1 amide bonds. The number of hydrogen-bond donors (Lipinski definition) is 3. The number of anilines is 1. The molecule has 0 aromatic carbocycles. The molecule has 6 nitrogen and oxygen atoms in total. The molecule has 0 saturated carbocycles. The van der Waals surface area contributed by atoms with E-state index in [9.17, 15) is 9.90 Å². The third-order valence-corrected chi connectivity index (χ3v) is 2.86. The Morgan fingerprint density at radius 1 is 1.56 bits per heavy atom. The second-order valence-corrected chi connectivity index (χ2v) is 4.21. The quantitative estimate of drug-likeness (QED) is 0.738. The van der Waals surface area contributed by atoms with Crippen molar-refractivity contribution in [3.05, 3.63) is 23.4 Å². The molecule has 0 unspecified atom stereocenters. The van der Waals surface area contributed by atoms with E-state index in [0.29, 0.717) is 17.9 Å². The summed E-state index contributed by atoms with van der Waals surface area (Å²) in [5.74, 6) is 0.358. The van der Waals surface area contributed by atoms with Gasteiger partial charge in [0.05, 0.1) is 17.6 Å². The molecule has 18 heavy (non-hydrogen) atoms. The first-order valence-electron chi connectivity index (χ1n) is 5.63. The van der Waals surface area contributed by atoms with Gasteiger partial charge >= 0.3 is 0 Å². The van der Waals surface area contributed by atoms with Crippen molar-refractivity contribution >= 4 is 22.8 Å². The van der Waals surface area contributed by atoms with Crippen LogP contribution in [0.25, 0.3) is 11.0 Å². The van der Waals surface area contributed by atoms with Crippen LogP contribution in [0.4, 0.5) is 5.82 Å². The molecule has 0 spiro atoms. The molecule has 6 heteroatoms. The van der Waals surface area contributed by atoms with Gasteiger partial charge in [-0.1, -0.05) is 0 Å². The number of aromatic nitrogens is 2. The van der Waals surface area contributed by atoms with E-state index in [4.69, 9.17) is 5.73 Å². The van der Waals surface area contributed by atoms with Gasteiger partial charge in [0, 0.05) is 12.6 Å². The minimum Gasteiger partial charge on any atom is -0.383 e. The molecule has 2 aromatic heterocycles. The fraction of sp³-hybridized carbons (Fsp3) is 0.333. The van der Waals surface area contributed by atoms with Gasteiger partial charge in [-0.25, -0.2) is 4.98 Å². The predicted molar refractivity (Wildman–Crippen MR) is 68.6 cm³/mol. The lowest BCUT2D eigenvalue weighted by molar-refractivity contribution is -0.119. The van der Waals surface area contributed by atoms with Gasteiger partial charge < -0.3 is 20.7 Å². The average Bonchev–Trinajstić information content (AvgIpc) is 2.64. The van der Waals surface area contributed by atoms with Gasteiger partial charge in [0.1, 0.15) is 12.5 Å². The lowest BCUT2D eigenvalue weighted by Crippen LogP contribution is -2.21. The van der Waals surface area contributed by atoms with E-state index in [1.807, 2.05) is 19.1 Å². The van der Waals surface area contributed by atoms with Gasteiger partial charge in [0.15, 0.2) is 0 Å². The van der Waals surface area contributed by atoms with Crippen molar-refractivity contribution in [1.29, 1.82) is 0 Å². The fourth-order valence-corrected chi connectivity index (χ4v) is 1.87. The molecule has 0 bridgehead atoms. The van der Waals surface area contributed by atoms with Crippen LogP contribution in [0.3, 0.4) is 0 Å². The molecular weight excluding hydrogens is 232 g/mol. The third kappa shape index (κ3) is 2.14.